The average Bonchev–Trinajstić information content (AvgIpc) is 2.95. The predicted octanol–water partition coefficient (Wildman–Crippen LogP) is 2.96. The first-order valence-electron chi connectivity index (χ1n) is 7.91. The molecule has 2 rings (SSSR count). The van der Waals surface area contributed by atoms with Crippen molar-refractivity contribution in [1.29, 1.82) is 0 Å². The molecule has 0 aliphatic carbocycles. The van der Waals surface area contributed by atoms with E-state index in [2.05, 4.69) is 42.7 Å². The van der Waals surface area contributed by atoms with Crippen LogP contribution in [0.4, 0.5) is 5.69 Å². The van der Waals surface area contributed by atoms with Gasteiger partial charge in [0.1, 0.15) is 12.4 Å². The van der Waals surface area contributed by atoms with Crippen LogP contribution >= 0.6 is 0 Å². The lowest BCUT2D eigenvalue weighted by molar-refractivity contribution is 0.146. The van der Waals surface area contributed by atoms with E-state index < -0.39 is 0 Å². The summed E-state index contributed by atoms with van der Waals surface area (Å²) >= 11 is 0. The van der Waals surface area contributed by atoms with Gasteiger partial charge in [-0.25, -0.2) is 0 Å². The molecular weight excluding hydrogens is 264 g/mol. The lowest BCUT2D eigenvalue weighted by atomic mass is 10.1. The SMILES string of the molecule is COCCOc1cc(C)ccc1NC(C)CC1CCCN1. The molecule has 1 aromatic rings. The van der Waals surface area contributed by atoms with Crippen LogP contribution in [-0.4, -0.2) is 39.0 Å². The zero-order valence-corrected chi connectivity index (χ0v) is 13.4. The molecule has 4 heteroatoms. The third kappa shape index (κ3) is 5.21. The predicted molar refractivity (Wildman–Crippen MR) is 87.3 cm³/mol. The Bertz CT molecular complexity index is 431. The Morgan fingerprint density at radius 2 is 2.24 bits per heavy atom. The second-order valence-corrected chi connectivity index (χ2v) is 5.92. The smallest absolute Gasteiger partial charge is 0.142 e. The maximum atomic E-state index is 5.83. The van der Waals surface area contributed by atoms with E-state index in [4.69, 9.17) is 9.47 Å². The van der Waals surface area contributed by atoms with Gasteiger partial charge in [0.05, 0.1) is 12.3 Å². The first kappa shape index (κ1) is 16.1. The number of ether oxygens (including phenoxy) is 2. The highest BCUT2D eigenvalue weighted by atomic mass is 16.5. The van der Waals surface area contributed by atoms with Crippen LogP contribution in [0.1, 0.15) is 31.7 Å². The monoisotopic (exact) mass is 292 g/mol. The summed E-state index contributed by atoms with van der Waals surface area (Å²) in [5.74, 6) is 0.915. The first-order chi connectivity index (χ1) is 10.2. The number of methoxy groups -OCH3 is 1. The molecule has 1 saturated heterocycles. The largest absolute Gasteiger partial charge is 0.489 e. The van der Waals surface area contributed by atoms with Crippen LogP contribution in [0.25, 0.3) is 0 Å². The minimum Gasteiger partial charge on any atom is -0.489 e. The summed E-state index contributed by atoms with van der Waals surface area (Å²) in [6.45, 7) is 6.66. The molecule has 2 N–H and O–H groups in total. The van der Waals surface area contributed by atoms with E-state index in [9.17, 15) is 0 Å². The normalized spacial score (nSPS) is 19.5. The first-order valence-corrected chi connectivity index (χ1v) is 7.91. The Balaban J connectivity index is 1.93. The molecule has 21 heavy (non-hydrogen) atoms. The highest BCUT2D eigenvalue weighted by Crippen LogP contribution is 2.27. The van der Waals surface area contributed by atoms with E-state index in [0.29, 0.717) is 25.3 Å². The number of rotatable bonds is 8. The van der Waals surface area contributed by atoms with Crippen LogP contribution in [0.2, 0.25) is 0 Å². The van der Waals surface area contributed by atoms with Gasteiger partial charge in [0.2, 0.25) is 0 Å². The molecule has 1 aliphatic heterocycles. The van der Waals surface area contributed by atoms with Gasteiger partial charge in [0, 0.05) is 19.2 Å². The Hall–Kier alpha value is -1.26. The number of aryl methyl sites for hydroxylation is 1. The molecular formula is C17H28N2O2. The van der Waals surface area contributed by atoms with E-state index in [-0.39, 0.29) is 0 Å². The van der Waals surface area contributed by atoms with Gasteiger partial charge >= 0.3 is 0 Å². The molecule has 2 unspecified atom stereocenters. The van der Waals surface area contributed by atoms with Gasteiger partial charge in [-0.15, -0.1) is 0 Å². The molecule has 4 nitrogen and oxygen atoms in total. The van der Waals surface area contributed by atoms with Gasteiger partial charge in [-0.1, -0.05) is 6.07 Å². The number of anilines is 1. The van der Waals surface area contributed by atoms with Gasteiger partial charge in [0.15, 0.2) is 0 Å². The third-order valence-corrected chi connectivity index (χ3v) is 3.88. The van der Waals surface area contributed by atoms with Crippen molar-refractivity contribution in [2.24, 2.45) is 0 Å². The van der Waals surface area contributed by atoms with E-state index >= 15 is 0 Å². The van der Waals surface area contributed by atoms with Crippen molar-refractivity contribution < 1.29 is 9.47 Å². The molecule has 0 saturated carbocycles. The fourth-order valence-corrected chi connectivity index (χ4v) is 2.81. The summed E-state index contributed by atoms with van der Waals surface area (Å²) in [6, 6.07) is 7.38. The van der Waals surface area contributed by atoms with E-state index in [1.165, 1.54) is 18.4 Å². The second-order valence-electron chi connectivity index (χ2n) is 5.92. The topological polar surface area (TPSA) is 42.5 Å². The van der Waals surface area contributed by atoms with Crippen molar-refractivity contribution in [2.75, 3.05) is 32.2 Å². The van der Waals surface area contributed by atoms with Gasteiger partial charge in [-0.2, -0.15) is 0 Å². The second kappa shape index (κ2) is 8.25. The minimum atomic E-state index is 0.424. The molecule has 0 bridgehead atoms. The molecule has 0 spiro atoms. The summed E-state index contributed by atoms with van der Waals surface area (Å²) in [4.78, 5) is 0. The third-order valence-electron chi connectivity index (χ3n) is 3.88. The lowest BCUT2D eigenvalue weighted by Gasteiger charge is -2.21. The summed E-state index contributed by atoms with van der Waals surface area (Å²) < 4.78 is 10.9. The highest BCUT2D eigenvalue weighted by Gasteiger charge is 2.17. The van der Waals surface area contributed by atoms with Crippen LogP contribution in [0.15, 0.2) is 18.2 Å². The van der Waals surface area contributed by atoms with Gasteiger partial charge in [-0.3, -0.25) is 0 Å². The molecule has 0 amide bonds. The summed E-state index contributed by atoms with van der Waals surface area (Å²) in [7, 11) is 1.69. The standard InChI is InChI=1S/C17H28N2O2/c1-13-6-7-16(17(11-13)21-10-9-20-3)19-14(2)12-15-5-4-8-18-15/h6-7,11,14-15,18-19H,4-5,8-10,12H2,1-3H3. The van der Waals surface area contributed by atoms with Gasteiger partial charge in [0.25, 0.3) is 0 Å². The maximum Gasteiger partial charge on any atom is 0.142 e. The van der Waals surface area contributed by atoms with E-state index in [1.807, 2.05) is 0 Å². The summed E-state index contributed by atoms with van der Waals surface area (Å²) in [5, 5.41) is 7.14. The molecule has 1 heterocycles. The quantitative estimate of drug-likeness (QED) is 0.723. The summed E-state index contributed by atoms with van der Waals surface area (Å²) in [6.07, 6.45) is 3.73. The van der Waals surface area contributed by atoms with E-state index in [0.717, 1.165) is 24.4 Å². The Labute approximate surface area is 128 Å². The van der Waals surface area contributed by atoms with Crippen molar-refractivity contribution >= 4 is 5.69 Å². The zero-order chi connectivity index (χ0) is 15.1. The molecule has 2 atom stereocenters. The molecule has 1 fully saturated rings. The Kier molecular flexibility index (Phi) is 6.33. The summed E-state index contributed by atoms with van der Waals surface area (Å²) in [5.41, 5.74) is 2.28. The van der Waals surface area contributed by atoms with E-state index in [1.54, 1.807) is 7.11 Å². The number of nitrogens with one attached hydrogen (secondary N) is 2. The average molecular weight is 292 g/mol. The molecule has 0 radical (unpaired) electrons. The Morgan fingerprint density at radius 3 is 2.95 bits per heavy atom. The van der Waals surface area contributed by atoms with Crippen molar-refractivity contribution in [2.45, 2.75) is 45.2 Å². The van der Waals surface area contributed by atoms with Crippen molar-refractivity contribution in [3.05, 3.63) is 23.8 Å². The van der Waals surface area contributed by atoms with Crippen LogP contribution in [0.3, 0.4) is 0 Å². The van der Waals surface area contributed by atoms with Crippen molar-refractivity contribution in [1.82, 2.24) is 5.32 Å². The van der Waals surface area contributed by atoms with Gasteiger partial charge < -0.3 is 20.1 Å². The molecule has 0 aromatic heterocycles. The van der Waals surface area contributed by atoms with Crippen molar-refractivity contribution in [3.63, 3.8) is 0 Å². The fraction of sp³-hybridized carbons (Fsp3) is 0.647. The van der Waals surface area contributed by atoms with Crippen LogP contribution in [-0.2, 0) is 4.74 Å². The Morgan fingerprint density at radius 1 is 1.38 bits per heavy atom. The number of hydrogen-bond acceptors (Lipinski definition) is 4. The zero-order valence-electron chi connectivity index (χ0n) is 13.4. The maximum absolute atomic E-state index is 5.83. The van der Waals surface area contributed by atoms with Crippen LogP contribution in [0, 0.1) is 6.92 Å². The molecule has 1 aliphatic rings. The molecule has 118 valence electrons. The lowest BCUT2D eigenvalue weighted by Crippen LogP contribution is -2.29. The number of hydrogen-bond donors (Lipinski definition) is 2. The van der Waals surface area contributed by atoms with Crippen molar-refractivity contribution in [3.8, 4) is 5.75 Å². The number of benzene rings is 1. The minimum absolute atomic E-state index is 0.424. The van der Waals surface area contributed by atoms with Gasteiger partial charge in [-0.05, 0) is 57.4 Å². The molecule has 1 aromatic carbocycles. The fourth-order valence-electron chi connectivity index (χ4n) is 2.81. The van der Waals surface area contributed by atoms with Crippen LogP contribution in [0.5, 0.6) is 5.75 Å². The van der Waals surface area contributed by atoms with Crippen LogP contribution < -0.4 is 15.4 Å². The highest BCUT2D eigenvalue weighted by molar-refractivity contribution is 5.58.